The van der Waals surface area contributed by atoms with Crippen molar-refractivity contribution >= 4 is 41.6 Å². The van der Waals surface area contributed by atoms with Crippen LogP contribution >= 0.6 is 0 Å². The van der Waals surface area contributed by atoms with Crippen LogP contribution in [0.1, 0.15) is 427 Å². The first-order valence-corrected chi connectivity index (χ1v) is 45.5. The zero-order valence-electron chi connectivity index (χ0n) is 71.2. The van der Waals surface area contributed by atoms with Gasteiger partial charge in [0.1, 0.15) is 24.4 Å². The minimum absolute atomic E-state index is 0.0394. The number of amides is 3. The van der Waals surface area contributed by atoms with Crippen LogP contribution in [0.15, 0.2) is 18.2 Å². The van der Waals surface area contributed by atoms with Crippen LogP contribution in [-0.2, 0) is 38.1 Å². The van der Waals surface area contributed by atoms with E-state index in [9.17, 15) is 33.6 Å². The normalized spacial score (nSPS) is 13.8. The van der Waals surface area contributed by atoms with E-state index in [0.717, 1.165) is 341 Å². The summed E-state index contributed by atoms with van der Waals surface area (Å²) >= 11 is 0. The second kappa shape index (κ2) is 69.1. The monoisotopic (exact) mass is 1520 g/mol. The van der Waals surface area contributed by atoms with Crippen LogP contribution in [0.5, 0.6) is 0 Å². The standard InChI is InChI=1S/C91H166N6O11/c1-10-18-38-52-81(14-5)105-85(98)56-42-30-22-26-34-46-66-96(67-47-35-27-23-31-43-57-86(99)106-82(15-6)53-39-19-11-2)70-50-63-92-89(102)78-74-79(76-80(75-78)91(104)94-65-60-77-61-72-95(9)73-62-77)90(103)93-64-51-71-97(68-48-36-28-24-32-44-58-87(100)107-83(16-7)54-40-20-12-3)69-49-37-29-25-33-45-59-88(101)108-84(17-8)55-41-21-13-4/h74-77,81-84H,10-73H2,1-9H3,(H,92,102)(H,93,103)(H,94,104). The first-order chi connectivity index (χ1) is 52.6. The van der Waals surface area contributed by atoms with Crippen LogP contribution in [0.3, 0.4) is 0 Å². The Bertz CT molecular complexity index is 2170. The third kappa shape index (κ3) is 54.1. The lowest BCUT2D eigenvalue weighted by Crippen LogP contribution is -2.33. The quantitative estimate of drug-likeness (QED) is 0.0316. The SMILES string of the molecule is CCCCCC(CC)OC(=O)CCCCCCCCN(CCCCCCCCC(=O)OC(CC)CCCCC)CCCNC(=O)c1cc(C(=O)NCCCN(CCCCCCCCC(=O)OC(CC)CCCCC)CCCCCCCCC(=O)OC(CC)CCCCC)cc(C(=O)NCCC2CCN(C)CC2)c1. The Labute approximate surface area is 661 Å². The van der Waals surface area contributed by atoms with E-state index < -0.39 is 0 Å². The van der Waals surface area contributed by atoms with E-state index >= 15 is 0 Å². The van der Waals surface area contributed by atoms with Crippen molar-refractivity contribution < 1.29 is 52.5 Å². The molecule has 626 valence electrons. The second-order valence-corrected chi connectivity index (χ2v) is 32.0. The smallest absolute Gasteiger partial charge is 0.306 e. The highest BCUT2D eigenvalue weighted by atomic mass is 16.6. The van der Waals surface area contributed by atoms with Crippen LogP contribution in [-0.4, -0.2) is 160 Å². The van der Waals surface area contributed by atoms with Crippen molar-refractivity contribution in [3.05, 3.63) is 34.9 Å². The number of likely N-dealkylation sites (tertiary alicyclic amines) is 1. The van der Waals surface area contributed by atoms with Crippen molar-refractivity contribution in [2.24, 2.45) is 5.92 Å². The number of esters is 4. The van der Waals surface area contributed by atoms with Crippen LogP contribution in [0.25, 0.3) is 0 Å². The summed E-state index contributed by atoms with van der Waals surface area (Å²) in [5.41, 5.74) is 0.889. The fraction of sp³-hybridized carbons (Fsp3) is 0.857. The molecule has 3 N–H and O–H groups in total. The predicted molar refractivity (Wildman–Crippen MR) is 447 cm³/mol. The van der Waals surface area contributed by atoms with Crippen molar-refractivity contribution in [1.29, 1.82) is 0 Å². The molecule has 108 heavy (non-hydrogen) atoms. The number of carbonyl (C=O) groups is 7. The fourth-order valence-corrected chi connectivity index (χ4v) is 14.8. The topological polar surface area (TPSA) is 202 Å². The molecular formula is C91H166N6O11. The van der Waals surface area contributed by atoms with Crippen molar-refractivity contribution in [3.63, 3.8) is 0 Å². The Hall–Kier alpha value is -4.61. The van der Waals surface area contributed by atoms with Gasteiger partial charge in [0, 0.05) is 62.0 Å². The van der Waals surface area contributed by atoms with Crippen molar-refractivity contribution in [2.45, 2.75) is 420 Å². The van der Waals surface area contributed by atoms with Gasteiger partial charge in [-0.05, 0) is 244 Å². The van der Waals surface area contributed by atoms with Gasteiger partial charge in [-0.2, -0.15) is 0 Å². The van der Waals surface area contributed by atoms with Gasteiger partial charge in [0.2, 0.25) is 0 Å². The summed E-state index contributed by atoms with van der Waals surface area (Å²) in [5.74, 6) is -0.580. The molecule has 0 aromatic heterocycles. The summed E-state index contributed by atoms with van der Waals surface area (Å²) < 4.78 is 23.2. The highest BCUT2D eigenvalue weighted by Gasteiger charge is 2.22. The third-order valence-electron chi connectivity index (χ3n) is 22.2. The molecule has 0 radical (unpaired) electrons. The Kier molecular flexibility index (Phi) is 63.7. The third-order valence-corrected chi connectivity index (χ3v) is 22.2. The molecule has 0 aliphatic carbocycles. The fourth-order valence-electron chi connectivity index (χ4n) is 14.8. The molecule has 0 bridgehead atoms. The van der Waals surface area contributed by atoms with Gasteiger partial charge in [0.25, 0.3) is 17.7 Å². The van der Waals surface area contributed by atoms with E-state index in [2.05, 4.69) is 93.1 Å². The number of hydrogen-bond acceptors (Lipinski definition) is 14. The van der Waals surface area contributed by atoms with Gasteiger partial charge in [0.15, 0.2) is 0 Å². The maximum absolute atomic E-state index is 14.2. The summed E-state index contributed by atoms with van der Waals surface area (Å²) in [4.78, 5) is 100. The zero-order chi connectivity index (χ0) is 78.7. The molecule has 1 aliphatic heterocycles. The number of piperidine rings is 1. The van der Waals surface area contributed by atoms with E-state index in [1.807, 2.05) is 0 Å². The Balaban J connectivity index is 2.12. The molecule has 17 nitrogen and oxygen atoms in total. The number of carbonyl (C=O) groups excluding carboxylic acids is 7. The first-order valence-electron chi connectivity index (χ1n) is 45.5. The number of rotatable bonds is 74. The minimum Gasteiger partial charge on any atom is -0.462 e. The Morgan fingerprint density at radius 3 is 0.833 bits per heavy atom. The van der Waals surface area contributed by atoms with E-state index in [4.69, 9.17) is 18.9 Å². The van der Waals surface area contributed by atoms with Gasteiger partial charge in [-0.25, -0.2) is 0 Å². The number of nitrogens with zero attached hydrogens (tertiary/aromatic N) is 3. The first kappa shape index (κ1) is 99.5. The van der Waals surface area contributed by atoms with Crippen LogP contribution in [0.4, 0.5) is 0 Å². The average Bonchev–Trinajstić information content (AvgIpc) is 0.826. The van der Waals surface area contributed by atoms with Crippen LogP contribution < -0.4 is 16.0 Å². The molecule has 3 amide bonds. The molecule has 1 heterocycles. The minimum atomic E-state index is -0.306. The van der Waals surface area contributed by atoms with Crippen molar-refractivity contribution in [1.82, 2.24) is 30.7 Å². The predicted octanol–water partition coefficient (Wildman–Crippen LogP) is 21.5. The molecule has 1 fully saturated rings. The Morgan fingerprint density at radius 1 is 0.333 bits per heavy atom. The zero-order valence-corrected chi connectivity index (χ0v) is 71.2. The van der Waals surface area contributed by atoms with Crippen molar-refractivity contribution in [2.75, 3.05) is 79.0 Å². The lowest BCUT2D eigenvalue weighted by molar-refractivity contribution is -0.150. The molecule has 0 spiro atoms. The molecular weight excluding hydrogens is 1350 g/mol. The van der Waals surface area contributed by atoms with Crippen molar-refractivity contribution in [3.8, 4) is 0 Å². The molecule has 1 saturated heterocycles. The van der Waals surface area contributed by atoms with E-state index in [0.29, 0.717) is 67.9 Å². The number of ether oxygens (including phenoxy) is 4. The maximum atomic E-state index is 14.2. The molecule has 1 aromatic rings. The van der Waals surface area contributed by atoms with E-state index in [-0.39, 0.29) is 66.0 Å². The summed E-state index contributed by atoms with van der Waals surface area (Å²) in [6, 6.07) is 4.91. The van der Waals surface area contributed by atoms with Gasteiger partial charge in [-0.3, -0.25) is 33.6 Å². The van der Waals surface area contributed by atoms with Gasteiger partial charge in [-0.1, -0.05) is 209 Å². The molecule has 4 unspecified atom stereocenters. The summed E-state index contributed by atoms with van der Waals surface area (Å²) in [7, 11) is 2.15. The number of hydrogen-bond donors (Lipinski definition) is 3. The molecule has 0 saturated carbocycles. The van der Waals surface area contributed by atoms with Crippen LogP contribution in [0, 0.1) is 5.92 Å². The number of unbranched alkanes of at least 4 members (excludes halogenated alkanes) is 28. The van der Waals surface area contributed by atoms with Crippen LogP contribution in [0.2, 0.25) is 0 Å². The Morgan fingerprint density at radius 2 is 0.574 bits per heavy atom. The summed E-state index contributed by atoms with van der Waals surface area (Å²) in [6.45, 7) is 26.3. The molecule has 17 heteroatoms. The second-order valence-electron chi connectivity index (χ2n) is 32.0. The van der Waals surface area contributed by atoms with E-state index in [1.54, 1.807) is 18.2 Å². The van der Waals surface area contributed by atoms with Gasteiger partial charge >= 0.3 is 23.9 Å². The molecule has 1 aromatic carbocycles. The summed E-state index contributed by atoms with van der Waals surface area (Å²) in [5, 5.41) is 9.46. The average molecular weight is 1520 g/mol. The molecule has 2 rings (SSSR count). The largest absolute Gasteiger partial charge is 0.462 e. The van der Waals surface area contributed by atoms with Gasteiger partial charge in [0.05, 0.1) is 0 Å². The summed E-state index contributed by atoms with van der Waals surface area (Å²) in [6.07, 6.45) is 53.1. The lowest BCUT2D eigenvalue weighted by atomic mass is 9.94. The number of benzene rings is 1. The lowest BCUT2D eigenvalue weighted by Gasteiger charge is -2.28. The molecule has 1 aliphatic rings. The number of nitrogens with one attached hydrogen (secondary N) is 3. The highest BCUT2D eigenvalue weighted by molar-refractivity contribution is 6.04. The highest BCUT2D eigenvalue weighted by Crippen LogP contribution is 2.23. The van der Waals surface area contributed by atoms with Gasteiger partial charge in [-0.15, -0.1) is 0 Å². The molecule has 4 atom stereocenters. The maximum Gasteiger partial charge on any atom is 0.306 e. The van der Waals surface area contributed by atoms with Gasteiger partial charge < -0.3 is 49.6 Å². The van der Waals surface area contributed by atoms with E-state index in [1.165, 1.54) is 25.7 Å².